The molecule has 1 aliphatic heterocycles. The number of rotatable bonds is 2. The van der Waals surface area contributed by atoms with Crippen molar-refractivity contribution in [1.29, 1.82) is 0 Å². The van der Waals surface area contributed by atoms with Crippen LogP contribution >= 0.6 is 11.6 Å². The van der Waals surface area contributed by atoms with Gasteiger partial charge in [-0.3, -0.25) is 4.21 Å². The molecule has 0 N–H and O–H groups in total. The van der Waals surface area contributed by atoms with Gasteiger partial charge in [0.05, 0.1) is 16.0 Å². The van der Waals surface area contributed by atoms with Gasteiger partial charge in [0.2, 0.25) is 0 Å². The van der Waals surface area contributed by atoms with Crippen molar-refractivity contribution < 1.29 is 13.7 Å². The first-order valence-corrected chi connectivity index (χ1v) is 8.21. The molecule has 1 aliphatic rings. The second-order valence-corrected chi connectivity index (χ2v) is 7.88. The van der Waals surface area contributed by atoms with Crippen molar-refractivity contribution in [2.24, 2.45) is 0 Å². The average molecular weight is 332 g/mol. The van der Waals surface area contributed by atoms with Crippen LogP contribution in [-0.4, -0.2) is 49.1 Å². The molecule has 8 heteroatoms. The Labute approximate surface area is 131 Å². The zero-order chi connectivity index (χ0) is 15.6. The molecule has 0 unspecified atom stereocenters. The topological polar surface area (TPSA) is 72.4 Å². The number of amides is 1. The number of aromatic nitrogens is 2. The van der Waals surface area contributed by atoms with Crippen LogP contribution in [0.1, 0.15) is 27.2 Å². The zero-order valence-electron chi connectivity index (χ0n) is 12.2. The minimum atomic E-state index is -1.31. The second-order valence-electron chi connectivity index (χ2n) is 5.81. The molecule has 1 saturated heterocycles. The standard InChI is InChI=1S/C13H18ClN3O3S/c1-13(2,3)20-12(18)17-5-4-9(7-17)21(19)11-6-10(14)15-8-16-11/h6,8-9H,4-5,7H2,1-3H3/t9-,21+/m0/s1. The molecule has 0 aromatic carbocycles. The Morgan fingerprint density at radius 2 is 2.19 bits per heavy atom. The van der Waals surface area contributed by atoms with E-state index < -0.39 is 16.4 Å². The van der Waals surface area contributed by atoms with Gasteiger partial charge in [-0.25, -0.2) is 14.8 Å². The fraction of sp³-hybridized carbons (Fsp3) is 0.615. The predicted octanol–water partition coefficient (Wildman–Crippen LogP) is 2.25. The molecular weight excluding hydrogens is 314 g/mol. The predicted molar refractivity (Wildman–Crippen MR) is 79.7 cm³/mol. The lowest BCUT2D eigenvalue weighted by Gasteiger charge is -2.24. The normalized spacial score (nSPS) is 20.4. The van der Waals surface area contributed by atoms with Crippen molar-refractivity contribution in [3.63, 3.8) is 0 Å². The van der Waals surface area contributed by atoms with Gasteiger partial charge >= 0.3 is 6.09 Å². The molecule has 0 saturated carbocycles. The lowest BCUT2D eigenvalue weighted by molar-refractivity contribution is 0.0295. The third-order valence-corrected chi connectivity index (χ3v) is 4.75. The van der Waals surface area contributed by atoms with Gasteiger partial charge in [-0.2, -0.15) is 0 Å². The monoisotopic (exact) mass is 331 g/mol. The van der Waals surface area contributed by atoms with E-state index in [0.29, 0.717) is 24.5 Å². The molecule has 2 atom stereocenters. The van der Waals surface area contributed by atoms with E-state index >= 15 is 0 Å². The van der Waals surface area contributed by atoms with Crippen LogP contribution in [0.2, 0.25) is 5.15 Å². The van der Waals surface area contributed by atoms with Gasteiger partial charge in [-0.1, -0.05) is 11.6 Å². The first-order chi connectivity index (χ1) is 9.76. The third-order valence-electron chi connectivity index (χ3n) is 2.91. The maximum Gasteiger partial charge on any atom is 0.410 e. The summed E-state index contributed by atoms with van der Waals surface area (Å²) in [7, 11) is -1.31. The van der Waals surface area contributed by atoms with E-state index in [9.17, 15) is 9.00 Å². The number of nitrogens with zero attached hydrogens (tertiary/aromatic N) is 3. The molecule has 116 valence electrons. The highest BCUT2D eigenvalue weighted by Gasteiger charge is 2.33. The number of carbonyl (C=O) groups is 1. The van der Waals surface area contributed by atoms with Gasteiger partial charge in [-0.05, 0) is 27.2 Å². The van der Waals surface area contributed by atoms with Crippen LogP contribution < -0.4 is 0 Å². The first kappa shape index (κ1) is 16.2. The number of hydrogen-bond acceptors (Lipinski definition) is 5. The highest BCUT2D eigenvalue weighted by molar-refractivity contribution is 7.85. The zero-order valence-corrected chi connectivity index (χ0v) is 13.8. The van der Waals surface area contributed by atoms with E-state index in [0.717, 1.165) is 0 Å². The van der Waals surface area contributed by atoms with Crippen LogP contribution in [0.3, 0.4) is 0 Å². The highest BCUT2D eigenvalue weighted by Crippen LogP contribution is 2.22. The molecule has 2 heterocycles. The van der Waals surface area contributed by atoms with E-state index in [1.165, 1.54) is 12.4 Å². The van der Waals surface area contributed by atoms with Gasteiger partial charge in [0.25, 0.3) is 0 Å². The van der Waals surface area contributed by atoms with Gasteiger partial charge in [0, 0.05) is 19.2 Å². The molecule has 2 rings (SSSR count). The summed E-state index contributed by atoms with van der Waals surface area (Å²) in [6.45, 7) is 6.38. The molecule has 6 nitrogen and oxygen atoms in total. The number of likely N-dealkylation sites (tertiary alicyclic amines) is 1. The Bertz CT molecular complexity index is 562. The summed E-state index contributed by atoms with van der Waals surface area (Å²) < 4.78 is 17.8. The SMILES string of the molecule is CC(C)(C)OC(=O)N1CC[C@H]([S@@](=O)c2cc(Cl)ncn2)C1. The molecule has 1 amide bonds. The number of carbonyl (C=O) groups excluding carboxylic acids is 1. The number of hydrogen-bond donors (Lipinski definition) is 0. The fourth-order valence-corrected chi connectivity index (χ4v) is 3.56. The van der Waals surface area contributed by atoms with Crippen LogP contribution in [0.5, 0.6) is 0 Å². The van der Waals surface area contributed by atoms with E-state index in [1.807, 2.05) is 20.8 Å². The van der Waals surface area contributed by atoms with E-state index in [2.05, 4.69) is 9.97 Å². The van der Waals surface area contributed by atoms with Crippen molar-refractivity contribution in [3.05, 3.63) is 17.5 Å². The Morgan fingerprint density at radius 3 is 2.81 bits per heavy atom. The molecule has 1 fully saturated rings. The maximum absolute atomic E-state index is 12.4. The molecule has 1 aromatic heterocycles. The lowest BCUT2D eigenvalue weighted by Crippen LogP contribution is -2.36. The fourth-order valence-electron chi connectivity index (χ4n) is 1.99. The summed E-state index contributed by atoms with van der Waals surface area (Å²) in [5.74, 6) is 0. The van der Waals surface area contributed by atoms with Gasteiger partial charge in [0.15, 0.2) is 0 Å². The van der Waals surface area contributed by atoms with Crippen LogP contribution in [0, 0.1) is 0 Å². The lowest BCUT2D eigenvalue weighted by atomic mass is 10.2. The summed E-state index contributed by atoms with van der Waals surface area (Å²) in [4.78, 5) is 21.3. The Hall–Kier alpha value is -1.21. The quantitative estimate of drug-likeness (QED) is 0.777. The molecule has 1 aromatic rings. The summed E-state index contributed by atoms with van der Waals surface area (Å²) >= 11 is 5.78. The molecule has 21 heavy (non-hydrogen) atoms. The minimum absolute atomic E-state index is 0.163. The average Bonchev–Trinajstić information content (AvgIpc) is 2.85. The number of halogens is 1. The summed E-state index contributed by atoms with van der Waals surface area (Å²) in [5, 5.41) is 0.491. The van der Waals surface area contributed by atoms with Crippen molar-refractivity contribution in [1.82, 2.24) is 14.9 Å². The Kier molecular flexibility index (Phi) is 4.83. The molecular formula is C13H18ClN3O3S. The summed E-state index contributed by atoms with van der Waals surface area (Å²) in [6, 6.07) is 1.49. The third kappa shape index (κ3) is 4.38. The Morgan fingerprint density at radius 1 is 1.48 bits per heavy atom. The van der Waals surface area contributed by atoms with Crippen LogP contribution in [0.4, 0.5) is 4.79 Å². The van der Waals surface area contributed by atoms with Crippen LogP contribution in [0.25, 0.3) is 0 Å². The van der Waals surface area contributed by atoms with Crippen LogP contribution in [-0.2, 0) is 15.5 Å². The second kappa shape index (κ2) is 6.27. The largest absolute Gasteiger partial charge is 0.444 e. The van der Waals surface area contributed by atoms with Crippen LogP contribution in [0.15, 0.2) is 17.4 Å². The van der Waals surface area contributed by atoms with E-state index in [-0.39, 0.29) is 16.5 Å². The summed E-state index contributed by atoms with van der Waals surface area (Å²) in [6.07, 6.45) is 1.56. The maximum atomic E-state index is 12.4. The molecule has 0 radical (unpaired) electrons. The smallest absolute Gasteiger partial charge is 0.410 e. The van der Waals surface area contributed by atoms with Crippen molar-refractivity contribution in [3.8, 4) is 0 Å². The molecule has 0 bridgehead atoms. The molecule has 0 aliphatic carbocycles. The summed E-state index contributed by atoms with van der Waals surface area (Å²) in [5.41, 5.74) is -0.533. The molecule has 0 spiro atoms. The van der Waals surface area contributed by atoms with E-state index in [4.69, 9.17) is 16.3 Å². The number of ether oxygens (including phenoxy) is 1. The highest BCUT2D eigenvalue weighted by atomic mass is 35.5. The van der Waals surface area contributed by atoms with Crippen molar-refractivity contribution >= 4 is 28.5 Å². The van der Waals surface area contributed by atoms with Gasteiger partial charge in [0.1, 0.15) is 22.1 Å². The van der Waals surface area contributed by atoms with E-state index in [1.54, 1.807) is 4.90 Å². The first-order valence-electron chi connectivity index (χ1n) is 6.62. The van der Waals surface area contributed by atoms with Gasteiger partial charge < -0.3 is 9.64 Å². The van der Waals surface area contributed by atoms with Gasteiger partial charge in [-0.15, -0.1) is 0 Å². The van der Waals surface area contributed by atoms with Crippen molar-refractivity contribution in [2.45, 2.75) is 43.1 Å². The van der Waals surface area contributed by atoms with Crippen molar-refractivity contribution in [2.75, 3.05) is 13.1 Å². The minimum Gasteiger partial charge on any atom is -0.444 e. The Balaban J connectivity index is 1.99.